The van der Waals surface area contributed by atoms with Crippen molar-refractivity contribution in [2.75, 3.05) is 6.54 Å². The molecule has 1 aromatic heterocycles. The summed E-state index contributed by atoms with van der Waals surface area (Å²) in [4.78, 5) is 19.5. The van der Waals surface area contributed by atoms with Crippen molar-refractivity contribution in [3.8, 4) is 5.88 Å². The number of benzene rings is 1. The van der Waals surface area contributed by atoms with Crippen LogP contribution in [0.4, 0.5) is 4.39 Å². The second kappa shape index (κ2) is 7.99. The third-order valence-electron chi connectivity index (χ3n) is 6.07. The molecule has 6 heteroatoms. The minimum atomic E-state index is -1.08. The lowest BCUT2D eigenvalue weighted by Crippen LogP contribution is -2.49. The number of hydrogen-bond acceptors (Lipinski definition) is 4. The number of aromatic nitrogens is 1. The SMILES string of the molecule is C[C@@H]1CC[C@@H](Oc2ncccc2C(C)(C)O)CN1C(=O)c1ccc(F)cc1C1CC1. The molecule has 1 saturated heterocycles. The van der Waals surface area contributed by atoms with Gasteiger partial charge in [-0.2, -0.15) is 0 Å². The fraction of sp³-hybridized carbons (Fsp3) is 0.500. The Morgan fingerprint density at radius 3 is 2.70 bits per heavy atom. The van der Waals surface area contributed by atoms with Crippen molar-refractivity contribution in [2.24, 2.45) is 0 Å². The summed E-state index contributed by atoms with van der Waals surface area (Å²) in [5.74, 6) is 0.323. The monoisotopic (exact) mass is 412 g/mol. The number of likely N-dealkylation sites (tertiary alicyclic amines) is 1. The highest BCUT2D eigenvalue weighted by Crippen LogP contribution is 2.42. The van der Waals surface area contributed by atoms with Crippen LogP contribution in [-0.4, -0.2) is 39.6 Å². The van der Waals surface area contributed by atoms with Gasteiger partial charge in [-0.1, -0.05) is 0 Å². The molecule has 0 bridgehead atoms. The van der Waals surface area contributed by atoms with Gasteiger partial charge in [0.1, 0.15) is 11.9 Å². The molecule has 2 aliphatic rings. The van der Waals surface area contributed by atoms with Crippen molar-refractivity contribution in [1.82, 2.24) is 9.88 Å². The van der Waals surface area contributed by atoms with Gasteiger partial charge in [0.15, 0.2) is 0 Å². The minimum Gasteiger partial charge on any atom is -0.472 e. The summed E-state index contributed by atoms with van der Waals surface area (Å²) in [7, 11) is 0. The van der Waals surface area contributed by atoms with Crippen LogP contribution in [0.25, 0.3) is 0 Å². The van der Waals surface area contributed by atoms with Crippen molar-refractivity contribution in [2.45, 2.75) is 70.1 Å². The van der Waals surface area contributed by atoms with Gasteiger partial charge in [0.2, 0.25) is 5.88 Å². The van der Waals surface area contributed by atoms with Crippen LogP contribution < -0.4 is 4.74 Å². The molecular weight excluding hydrogens is 383 g/mol. The van der Waals surface area contributed by atoms with E-state index in [0.717, 1.165) is 31.2 Å². The first-order chi connectivity index (χ1) is 14.2. The molecule has 5 nitrogen and oxygen atoms in total. The standard InChI is InChI=1S/C24H29FN2O3/c1-15-6-10-18(30-22-21(24(2,3)29)5-4-12-26-22)14-27(15)23(28)19-11-9-17(25)13-20(19)16-7-8-16/h4-5,9,11-13,15-16,18,29H,6-8,10,14H2,1-3H3/t15-,18-/m1/s1. The molecular formula is C24H29FN2O3. The molecule has 1 N–H and O–H groups in total. The number of aliphatic hydroxyl groups is 1. The van der Waals surface area contributed by atoms with Crippen molar-refractivity contribution in [1.29, 1.82) is 0 Å². The van der Waals surface area contributed by atoms with E-state index in [4.69, 9.17) is 4.74 Å². The van der Waals surface area contributed by atoms with Gasteiger partial charge in [-0.05, 0) is 88.3 Å². The Bertz CT molecular complexity index is 936. The number of amides is 1. The van der Waals surface area contributed by atoms with Crippen molar-refractivity contribution >= 4 is 5.91 Å². The summed E-state index contributed by atoms with van der Waals surface area (Å²) in [5.41, 5.74) is 0.968. The van der Waals surface area contributed by atoms with E-state index in [1.54, 1.807) is 38.2 Å². The van der Waals surface area contributed by atoms with Crippen LogP contribution in [0.5, 0.6) is 5.88 Å². The smallest absolute Gasteiger partial charge is 0.254 e. The van der Waals surface area contributed by atoms with Crippen LogP contribution in [0, 0.1) is 5.82 Å². The summed E-state index contributed by atoms with van der Waals surface area (Å²) < 4.78 is 19.9. The van der Waals surface area contributed by atoms with E-state index >= 15 is 0 Å². The second-order valence-corrected chi connectivity index (χ2v) is 9.04. The molecule has 2 atom stereocenters. The number of piperidine rings is 1. The predicted octanol–water partition coefficient (Wildman–Crippen LogP) is 4.40. The van der Waals surface area contributed by atoms with Gasteiger partial charge < -0.3 is 14.7 Å². The van der Waals surface area contributed by atoms with Crippen LogP contribution in [0.15, 0.2) is 36.5 Å². The van der Waals surface area contributed by atoms with Gasteiger partial charge in [0, 0.05) is 23.4 Å². The maximum Gasteiger partial charge on any atom is 0.254 e. The molecule has 0 unspecified atom stereocenters. The van der Waals surface area contributed by atoms with Crippen LogP contribution in [0.1, 0.15) is 73.9 Å². The Labute approximate surface area is 176 Å². The van der Waals surface area contributed by atoms with E-state index in [1.165, 1.54) is 12.1 Å². The van der Waals surface area contributed by atoms with Crippen LogP contribution in [0.3, 0.4) is 0 Å². The molecule has 30 heavy (non-hydrogen) atoms. The number of pyridine rings is 1. The van der Waals surface area contributed by atoms with E-state index in [9.17, 15) is 14.3 Å². The van der Waals surface area contributed by atoms with Gasteiger partial charge in [0.25, 0.3) is 5.91 Å². The molecule has 160 valence electrons. The Morgan fingerprint density at radius 1 is 1.23 bits per heavy atom. The maximum absolute atomic E-state index is 13.8. The predicted molar refractivity (Wildman–Crippen MR) is 112 cm³/mol. The highest BCUT2D eigenvalue weighted by molar-refractivity contribution is 5.96. The lowest BCUT2D eigenvalue weighted by Gasteiger charge is -2.38. The highest BCUT2D eigenvalue weighted by Gasteiger charge is 2.35. The van der Waals surface area contributed by atoms with E-state index in [1.807, 2.05) is 11.8 Å². The second-order valence-electron chi connectivity index (χ2n) is 9.04. The summed E-state index contributed by atoms with van der Waals surface area (Å²) in [6.45, 7) is 5.87. The topological polar surface area (TPSA) is 62.7 Å². The maximum atomic E-state index is 13.8. The van der Waals surface area contributed by atoms with Crippen LogP contribution >= 0.6 is 0 Å². The Balaban J connectivity index is 1.54. The molecule has 2 fully saturated rings. The lowest BCUT2D eigenvalue weighted by atomic mass is 9.96. The third kappa shape index (κ3) is 4.33. The summed E-state index contributed by atoms with van der Waals surface area (Å²) in [5, 5.41) is 10.4. The van der Waals surface area contributed by atoms with Gasteiger partial charge >= 0.3 is 0 Å². The molecule has 0 radical (unpaired) electrons. The lowest BCUT2D eigenvalue weighted by molar-refractivity contribution is 0.0325. The molecule has 1 amide bonds. The molecule has 1 aromatic carbocycles. The largest absolute Gasteiger partial charge is 0.472 e. The molecule has 4 rings (SSSR count). The fourth-order valence-electron chi connectivity index (χ4n) is 4.18. The van der Waals surface area contributed by atoms with E-state index in [2.05, 4.69) is 4.98 Å². The van der Waals surface area contributed by atoms with E-state index < -0.39 is 5.60 Å². The first-order valence-electron chi connectivity index (χ1n) is 10.7. The van der Waals surface area contributed by atoms with Gasteiger partial charge in [-0.15, -0.1) is 0 Å². The van der Waals surface area contributed by atoms with Crippen LogP contribution in [0.2, 0.25) is 0 Å². The van der Waals surface area contributed by atoms with Gasteiger partial charge in [-0.3, -0.25) is 4.79 Å². The number of carbonyl (C=O) groups excluding carboxylic acids is 1. The van der Waals surface area contributed by atoms with Crippen LogP contribution in [-0.2, 0) is 5.60 Å². The Hall–Kier alpha value is -2.47. The molecule has 0 spiro atoms. The quantitative estimate of drug-likeness (QED) is 0.791. The highest BCUT2D eigenvalue weighted by atomic mass is 19.1. The zero-order valence-electron chi connectivity index (χ0n) is 17.8. The normalized spacial score (nSPS) is 22.1. The van der Waals surface area contributed by atoms with Crippen molar-refractivity contribution in [3.05, 3.63) is 59.0 Å². The Kier molecular flexibility index (Phi) is 5.53. The number of nitrogens with zero attached hydrogens (tertiary/aromatic N) is 2. The first-order valence-corrected chi connectivity index (χ1v) is 10.7. The fourth-order valence-corrected chi connectivity index (χ4v) is 4.18. The van der Waals surface area contributed by atoms with Crippen molar-refractivity contribution in [3.63, 3.8) is 0 Å². The molecule has 2 aromatic rings. The zero-order chi connectivity index (χ0) is 21.5. The van der Waals surface area contributed by atoms with Crippen molar-refractivity contribution < 1.29 is 19.0 Å². The number of carbonyl (C=O) groups is 1. The molecule has 1 saturated carbocycles. The number of ether oxygens (including phenoxy) is 1. The first kappa shape index (κ1) is 20.8. The van der Waals surface area contributed by atoms with E-state index in [0.29, 0.717) is 23.6 Å². The number of halogens is 1. The zero-order valence-corrected chi connectivity index (χ0v) is 17.8. The summed E-state index contributed by atoms with van der Waals surface area (Å²) in [6, 6.07) is 8.15. The minimum absolute atomic E-state index is 0.0681. The number of rotatable bonds is 5. The van der Waals surface area contributed by atoms with Gasteiger partial charge in [0.05, 0.1) is 12.1 Å². The van der Waals surface area contributed by atoms with E-state index in [-0.39, 0.29) is 29.8 Å². The average molecular weight is 413 g/mol. The summed E-state index contributed by atoms with van der Waals surface area (Å²) in [6.07, 6.45) is 5.03. The molecule has 1 aliphatic carbocycles. The Morgan fingerprint density at radius 2 is 2.00 bits per heavy atom. The number of hydrogen-bond donors (Lipinski definition) is 1. The summed E-state index contributed by atoms with van der Waals surface area (Å²) >= 11 is 0. The van der Waals surface area contributed by atoms with Gasteiger partial charge in [-0.25, -0.2) is 9.37 Å². The third-order valence-corrected chi connectivity index (χ3v) is 6.07. The molecule has 2 heterocycles. The average Bonchev–Trinajstić information content (AvgIpc) is 3.54. The molecule has 1 aliphatic heterocycles.